The first-order valence-electron chi connectivity index (χ1n) is 5.22. The zero-order valence-corrected chi connectivity index (χ0v) is 8.94. The summed E-state index contributed by atoms with van der Waals surface area (Å²) in [5, 5.41) is 0. The van der Waals surface area contributed by atoms with Crippen molar-refractivity contribution in [3.63, 3.8) is 0 Å². The molecular weight excluding hydrogens is 233 g/mol. The molecule has 0 spiro atoms. The van der Waals surface area contributed by atoms with Gasteiger partial charge in [0.05, 0.1) is 0 Å². The van der Waals surface area contributed by atoms with Crippen LogP contribution in [0.5, 0.6) is 5.88 Å². The van der Waals surface area contributed by atoms with E-state index in [1.807, 2.05) is 0 Å². The molecule has 2 rings (SSSR count). The fourth-order valence-corrected chi connectivity index (χ4v) is 1.15. The van der Waals surface area contributed by atoms with E-state index >= 15 is 0 Å². The molecule has 1 saturated carbocycles. The lowest BCUT2D eigenvalue weighted by atomic mass is 10.3. The highest BCUT2D eigenvalue weighted by Crippen LogP contribution is 2.25. The van der Waals surface area contributed by atoms with Gasteiger partial charge in [0, 0.05) is 24.0 Å². The summed E-state index contributed by atoms with van der Waals surface area (Å²) in [6.45, 7) is -1.17. The molecule has 0 bridgehead atoms. The van der Waals surface area contributed by atoms with Crippen LogP contribution in [0.1, 0.15) is 18.4 Å². The molecule has 0 aliphatic heterocycles. The summed E-state index contributed by atoms with van der Waals surface area (Å²) in [5.74, 6) is 0.500. The van der Waals surface area contributed by atoms with Gasteiger partial charge in [-0.05, 0) is 18.9 Å². The Labute approximate surface area is 96.3 Å². The Hall–Kier alpha value is -1.59. The highest BCUT2D eigenvalue weighted by Gasteiger charge is 2.26. The third kappa shape index (κ3) is 4.42. The highest BCUT2D eigenvalue weighted by molar-refractivity contribution is 5.79. The molecule has 0 amide bonds. The second-order valence-corrected chi connectivity index (χ2v) is 3.83. The van der Waals surface area contributed by atoms with Gasteiger partial charge in [-0.1, -0.05) is 0 Å². The fraction of sp³-hybridized carbons (Fsp3) is 0.455. The number of aromatic nitrogens is 1. The molecular formula is C11H11F3N2O. The molecule has 1 aliphatic rings. The Balaban J connectivity index is 1.88. The van der Waals surface area contributed by atoms with Gasteiger partial charge in [0.25, 0.3) is 0 Å². The van der Waals surface area contributed by atoms with E-state index < -0.39 is 12.7 Å². The van der Waals surface area contributed by atoms with Crippen LogP contribution in [0.25, 0.3) is 0 Å². The molecule has 0 unspecified atom stereocenters. The Morgan fingerprint density at radius 2 is 2.18 bits per heavy atom. The number of aliphatic imine (C=N–C) groups is 1. The minimum Gasteiger partial charge on any atom is -0.474 e. The number of hydrogen-bond donors (Lipinski definition) is 0. The number of ether oxygens (including phenoxy) is 1. The monoisotopic (exact) mass is 244 g/mol. The Kier molecular flexibility index (Phi) is 3.31. The van der Waals surface area contributed by atoms with Gasteiger partial charge in [-0.2, -0.15) is 13.2 Å². The van der Waals surface area contributed by atoms with Crippen molar-refractivity contribution in [2.75, 3.05) is 6.54 Å². The number of alkyl halides is 3. The van der Waals surface area contributed by atoms with Gasteiger partial charge >= 0.3 is 6.18 Å². The zero-order chi connectivity index (χ0) is 12.3. The first kappa shape index (κ1) is 11.9. The standard InChI is InChI=1S/C11H11F3N2O/c12-11(13,14)7-15-5-8-1-4-10(16-6-8)17-9-2-3-9/h1,4-6,9H,2-3,7H2. The van der Waals surface area contributed by atoms with Crippen LogP contribution < -0.4 is 4.74 Å². The van der Waals surface area contributed by atoms with Crippen LogP contribution in [0.15, 0.2) is 23.3 Å². The minimum atomic E-state index is -4.26. The van der Waals surface area contributed by atoms with E-state index in [1.54, 1.807) is 12.1 Å². The van der Waals surface area contributed by atoms with E-state index in [1.165, 1.54) is 6.20 Å². The van der Waals surface area contributed by atoms with Crippen LogP contribution in [0, 0.1) is 0 Å². The van der Waals surface area contributed by atoms with Gasteiger partial charge < -0.3 is 4.74 Å². The number of pyridine rings is 1. The maximum Gasteiger partial charge on any atom is 0.407 e. The quantitative estimate of drug-likeness (QED) is 0.763. The SMILES string of the molecule is FC(F)(F)CN=Cc1ccc(OC2CC2)nc1. The average molecular weight is 244 g/mol. The van der Waals surface area contributed by atoms with Crippen molar-refractivity contribution >= 4 is 6.21 Å². The van der Waals surface area contributed by atoms with Crippen molar-refractivity contribution < 1.29 is 17.9 Å². The summed E-state index contributed by atoms with van der Waals surface area (Å²) in [6.07, 6.45) is 0.664. The van der Waals surface area contributed by atoms with Gasteiger partial charge in [0.15, 0.2) is 0 Å². The van der Waals surface area contributed by atoms with Gasteiger partial charge in [-0.25, -0.2) is 4.98 Å². The van der Waals surface area contributed by atoms with Crippen molar-refractivity contribution in [2.24, 2.45) is 4.99 Å². The van der Waals surface area contributed by atoms with Crippen LogP contribution in [-0.2, 0) is 0 Å². The molecule has 1 aliphatic carbocycles. The largest absolute Gasteiger partial charge is 0.474 e. The van der Waals surface area contributed by atoms with Crippen molar-refractivity contribution in [3.05, 3.63) is 23.9 Å². The van der Waals surface area contributed by atoms with Crippen molar-refractivity contribution in [1.82, 2.24) is 4.98 Å². The lowest BCUT2D eigenvalue weighted by molar-refractivity contribution is -0.118. The van der Waals surface area contributed by atoms with Crippen molar-refractivity contribution in [1.29, 1.82) is 0 Å². The molecule has 1 heterocycles. The van der Waals surface area contributed by atoms with E-state index in [0.717, 1.165) is 19.1 Å². The number of nitrogens with zero attached hydrogens (tertiary/aromatic N) is 2. The predicted molar refractivity (Wildman–Crippen MR) is 56.4 cm³/mol. The summed E-state index contributed by atoms with van der Waals surface area (Å²) in [5.41, 5.74) is 0.525. The van der Waals surface area contributed by atoms with Crippen molar-refractivity contribution in [3.8, 4) is 5.88 Å². The maximum absolute atomic E-state index is 11.8. The molecule has 0 radical (unpaired) electrons. The van der Waals surface area contributed by atoms with E-state index in [2.05, 4.69) is 9.98 Å². The lowest BCUT2D eigenvalue weighted by Gasteiger charge is -2.02. The molecule has 1 aromatic rings. The van der Waals surface area contributed by atoms with E-state index in [0.29, 0.717) is 11.4 Å². The van der Waals surface area contributed by atoms with Gasteiger partial charge in [-0.15, -0.1) is 0 Å². The molecule has 6 heteroatoms. The minimum absolute atomic E-state index is 0.257. The zero-order valence-electron chi connectivity index (χ0n) is 8.94. The third-order valence-electron chi connectivity index (χ3n) is 2.08. The molecule has 92 valence electrons. The van der Waals surface area contributed by atoms with Crippen LogP contribution in [0.3, 0.4) is 0 Å². The molecule has 17 heavy (non-hydrogen) atoms. The summed E-state index contributed by atoms with van der Waals surface area (Å²) in [7, 11) is 0. The van der Waals surface area contributed by atoms with Crippen LogP contribution >= 0.6 is 0 Å². The summed E-state index contributed by atoms with van der Waals surface area (Å²) in [4.78, 5) is 7.26. The molecule has 0 N–H and O–H groups in total. The Morgan fingerprint density at radius 3 is 2.71 bits per heavy atom. The first-order chi connectivity index (χ1) is 8.03. The van der Waals surface area contributed by atoms with Gasteiger partial charge in [0.1, 0.15) is 12.6 Å². The van der Waals surface area contributed by atoms with Crippen LogP contribution in [0.4, 0.5) is 13.2 Å². The molecule has 1 aromatic heterocycles. The molecule has 0 saturated heterocycles. The summed E-state index contributed by atoms with van der Waals surface area (Å²) < 4.78 is 40.9. The topological polar surface area (TPSA) is 34.5 Å². The summed E-state index contributed by atoms with van der Waals surface area (Å²) in [6, 6.07) is 3.26. The Bertz CT molecular complexity index is 396. The van der Waals surface area contributed by atoms with E-state index in [9.17, 15) is 13.2 Å². The molecule has 0 aromatic carbocycles. The Morgan fingerprint density at radius 1 is 1.41 bits per heavy atom. The van der Waals surface area contributed by atoms with Gasteiger partial charge in [0.2, 0.25) is 5.88 Å². The van der Waals surface area contributed by atoms with Crippen LogP contribution in [0.2, 0.25) is 0 Å². The summed E-state index contributed by atoms with van der Waals surface area (Å²) >= 11 is 0. The number of hydrogen-bond acceptors (Lipinski definition) is 3. The number of rotatable bonds is 4. The molecule has 1 fully saturated rings. The molecule has 3 nitrogen and oxygen atoms in total. The third-order valence-corrected chi connectivity index (χ3v) is 2.08. The smallest absolute Gasteiger partial charge is 0.407 e. The normalized spacial score (nSPS) is 16.4. The fourth-order valence-electron chi connectivity index (χ4n) is 1.15. The van der Waals surface area contributed by atoms with Gasteiger partial charge in [-0.3, -0.25) is 4.99 Å². The van der Waals surface area contributed by atoms with Crippen LogP contribution in [-0.4, -0.2) is 30.0 Å². The second kappa shape index (κ2) is 4.73. The maximum atomic E-state index is 11.8. The van der Waals surface area contributed by atoms with E-state index in [-0.39, 0.29) is 6.10 Å². The second-order valence-electron chi connectivity index (χ2n) is 3.83. The van der Waals surface area contributed by atoms with E-state index in [4.69, 9.17) is 4.74 Å². The average Bonchev–Trinajstić information content (AvgIpc) is 3.03. The highest BCUT2D eigenvalue weighted by atomic mass is 19.4. The molecule has 0 atom stereocenters. The predicted octanol–water partition coefficient (Wildman–Crippen LogP) is 2.60. The number of halogens is 3. The lowest BCUT2D eigenvalue weighted by Crippen LogP contribution is -2.11. The van der Waals surface area contributed by atoms with Crippen molar-refractivity contribution in [2.45, 2.75) is 25.1 Å². The first-order valence-corrected chi connectivity index (χ1v) is 5.22.